The van der Waals surface area contributed by atoms with Crippen LogP contribution in [0.15, 0.2) is 0 Å². The van der Waals surface area contributed by atoms with Crippen LogP contribution in [0.3, 0.4) is 0 Å². The molecular formula is C14H28N2. The van der Waals surface area contributed by atoms with E-state index in [1.807, 2.05) is 0 Å². The largest absolute Gasteiger partial charge is 0.314 e. The molecule has 1 saturated heterocycles. The Morgan fingerprint density at radius 3 is 2.62 bits per heavy atom. The molecule has 0 spiro atoms. The van der Waals surface area contributed by atoms with E-state index in [2.05, 4.69) is 24.1 Å². The lowest BCUT2D eigenvalue weighted by Gasteiger charge is -2.27. The second-order valence-electron chi connectivity index (χ2n) is 6.10. The molecule has 2 heteroatoms. The van der Waals surface area contributed by atoms with Crippen LogP contribution in [-0.4, -0.2) is 37.1 Å². The minimum Gasteiger partial charge on any atom is -0.314 e. The van der Waals surface area contributed by atoms with Crippen LogP contribution in [0.25, 0.3) is 0 Å². The first kappa shape index (κ1) is 12.4. The maximum atomic E-state index is 3.57. The van der Waals surface area contributed by atoms with Crippen LogP contribution in [0.2, 0.25) is 0 Å². The highest BCUT2D eigenvalue weighted by Crippen LogP contribution is 2.30. The Labute approximate surface area is 101 Å². The smallest absolute Gasteiger partial charge is 0.00223 e. The maximum absolute atomic E-state index is 3.57. The number of rotatable bonds is 6. The van der Waals surface area contributed by atoms with Crippen molar-refractivity contribution in [2.75, 3.05) is 26.2 Å². The third kappa shape index (κ3) is 3.74. The van der Waals surface area contributed by atoms with Crippen molar-refractivity contribution in [1.82, 2.24) is 10.2 Å². The Hall–Kier alpha value is -0.0800. The van der Waals surface area contributed by atoms with Crippen molar-refractivity contribution in [1.29, 1.82) is 0 Å². The zero-order valence-corrected chi connectivity index (χ0v) is 11.0. The van der Waals surface area contributed by atoms with E-state index in [0.29, 0.717) is 6.04 Å². The van der Waals surface area contributed by atoms with Crippen LogP contribution in [0.1, 0.15) is 46.0 Å². The third-order valence-electron chi connectivity index (χ3n) is 4.26. The van der Waals surface area contributed by atoms with Crippen LogP contribution in [-0.2, 0) is 0 Å². The van der Waals surface area contributed by atoms with Crippen molar-refractivity contribution in [3.05, 3.63) is 0 Å². The minimum atomic E-state index is 0.643. The highest BCUT2D eigenvalue weighted by molar-refractivity contribution is 4.79. The minimum absolute atomic E-state index is 0.643. The summed E-state index contributed by atoms with van der Waals surface area (Å²) < 4.78 is 0. The van der Waals surface area contributed by atoms with E-state index >= 15 is 0 Å². The first-order valence-electron chi connectivity index (χ1n) is 7.20. The molecule has 1 atom stereocenters. The first-order chi connectivity index (χ1) is 7.74. The topological polar surface area (TPSA) is 15.3 Å². The molecule has 2 nitrogen and oxygen atoms in total. The molecule has 0 amide bonds. The molecule has 0 radical (unpaired) electrons. The summed E-state index contributed by atoms with van der Waals surface area (Å²) in [6, 6.07) is 0.643. The molecule has 2 aliphatic rings. The molecule has 0 aromatic carbocycles. The molecule has 2 fully saturated rings. The third-order valence-corrected chi connectivity index (χ3v) is 4.26. The molecule has 2 rings (SSSR count). The summed E-state index contributed by atoms with van der Waals surface area (Å²) in [5, 5.41) is 3.57. The molecule has 1 heterocycles. The first-order valence-corrected chi connectivity index (χ1v) is 7.20. The molecule has 1 unspecified atom stereocenters. The maximum Gasteiger partial charge on any atom is 0.00223 e. The monoisotopic (exact) mass is 224 g/mol. The van der Waals surface area contributed by atoms with Gasteiger partial charge >= 0.3 is 0 Å². The van der Waals surface area contributed by atoms with Gasteiger partial charge in [0.15, 0.2) is 0 Å². The van der Waals surface area contributed by atoms with Crippen molar-refractivity contribution in [3.63, 3.8) is 0 Å². The molecule has 0 aromatic rings. The fraction of sp³-hybridized carbons (Fsp3) is 1.00. The lowest BCUT2D eigenvalue weighted by molar-refractivity contribution is 0.234. The van der Waals surface area contributed by atoms with Crippen LogP contribution in [0.5, 0.6) is 0 Å². The predicted molar refractivity (Wildman–Crippen MR) is 69.6 cm³/mol. The fourth-order valence-corrected chi connectivity index (χ4v) is 2.83. The number of hydrogen-bond donors (Lipinski definition) is 1. The van der Waals surface area contributed by atoms with Gasteiger partial charge in [0, 0.05) is 12.6 Å². The van der Waals surface area contributed by atoms with Crippen molar-refractivity contribution in [2.45, 2.75) is 52.0 Å². The molecule has 94 valence electrons. The van der Waals surface area contributed by atoms with Gasteiger partial charge in [0.05, 0.1) is 0 Å². The van der Waals surface area contributed by atoms with E-state index in [-0.39, 0.29) is 0 Å². The Morgan fingerprint density at radius 1 is 1.19 bits per heavy atom. The molecule has 0 bridgehead atoms. The summed E-state index contributed by atoms with van der Waals surface area (Å²) in [7, 11) is 0. The number of likely N-dealkylation sites (tertiary alicyclic amines) is 1. The lowest BCUT2D eigenvalue weighted by atomic mass is 9.83. The van der Waals surface area contributed by atoms with Gasteiger partial charge in [-0.2, -0.15) is 0 Å². The fourth-order valence-electron chi connectivity index (χ4n) is 2.83. The highest BCUT2D eigenvalue weighted by atomic mass is 15.1. The van der Waals surface area contributed by atoms with Gasteiger partial charge in [0.2, 0.25) is 0 Å². The van der Waals surface area contributed by atoms with Gasteiger partial charge in [0.1, 0.15) is 0 Å². The average Bonchev–Trinajstić information content (AvgIpc) is 2.60. The van der Waals surface area contributed by atoms with Gasteiger partial charge in [0.25, 0.3) is 0 Å². The van der Waals surface area contributed by atoms with Crippen molar-refractivity contribution in [2.24, 2.45) is 11.8 Å². The zero-order chi connectivity index (χ0) is 11.4. The summed E-state index contributed by atoms with van der Waals surface area (Å²) in [6.07, 6.45) is 7.37. The van der Waals surface area contributed by atoms with Gasteiger partial charge in [-0.3, -0.25) is 0 Å². The molecule has 1 N–H and O–H groups in total. The Balaban J connectivity index is 1.55. The van der Waals surface area contributed by atoms with E-state index in [1.54, 1.807) is 0 Å². The summed E-state index contributed by atoms with van der Waals surface area (Å²) in [5.41, 5.74) is 0. The molecule has 1 aliphatic heterocycles. The standard InChI is InChI=1S/C14H28N2/c1-12(2)15-10-14-7-9-16(11-14)8-6-13-4-3-5-13/h12-15H,3-11H2,1-2H3. The van der Waals surface area contributed by atoms with Crippen molar-refractivity contribution in [3.8, 4) is 0 Å². The van der Waals surface area contributed by atoms with Crippen molar-refractivity contribution >= 4 is 0 Å². The Bertz CT molecular complexity index is 199. The van der Waals surface area contributed by atoms with Gasteiger partial charge in [-0.25, -0.2) is 0 Å². The van der Waals surface area contributed by atoms with Gasteiger partial charge in [-0.15, -0.1) is 0 Å². The lowest BCUT2D eigenvalue weighted by Crippen LogP contribution is -2.31. The Kier molecular flexibility index (Phi) is 4.66. The number of nitrogens with zero attached hydrogens (tertiary/aromatic N) is 1. The van der Waals surface area contributed by atoms with Crippen molar-refractivity contribution < 1.29 is 0 Å². The normalized spacial score (nSPS) is 27.6. The number of nitrogens with one attached hydrogen (secondary N) is 1. The van der Waals surface area contributed by atoms with Crippen LogP contribution in [0, 0.1) is 11.8 Å². The molecule has 1 aliphatic carbocycles. The van der Waals surface area contributed by atoms with E-state index in [0.717, 1.165) is 11.8 Å². The van der Waals surface area contributed by atoms with Gasteiger partial charge in [-0.1, -0.05) is 33.1 Å². The van der Waals surface area contributed by atoms with Gasteiger partial charge < -0.3 is 10.2 Å². The van der Waals surface area contributed by atoms with E-state index in [4.69, 9.17) is 0 Å². The molecule has 16 heavy (non-hydrogen) atoms. The Morgan fingerprint density at radius 2 is 2.00 bits per heavy atom. The highest BCUT2D eigenvalue weighted by Gasteiger charge is 2.24. The quantitative estimate of drug-likeness (QED) is 0.746. The summed E-state index contributed by atoms with van der Waals surface area (Å²) in [5.74, 6) is 1.98. The molecule has 1 saturated carbocycles. The summed E-state index contributed by atoms with van der Waals surface area (Å²) >= 11 is 0. The van der Waals surface area contributed by atoms with E-state index in [9.17, 15) is 0 Å². The van der Waals surface area contributed by atoms with E-state index in [1.165, 1.54) is 58.3 Å². The van der Waals surface area contributed by atoms with Crippen LogP contribution >= 0.6 is 0 Å². The SMILES string of the molecule is CC(C)NCC1CCN(CCC2CCC2)C1. The van der Waals surface area contributed by atoms with Crippen LogP contribution in [0.4, 0.5) is 0 Å². The average molecular weight is 224 g/mol. The number of hydrogen-bond acceptors (Lipinski definition) is 2. The van der Waals surface area contributed by atoms with Crippen LogP contribution < -0.4 is 5.32 Å². The zero-order valence-electron chi connectivity index (χ0n) is 11.0. The summed E-state index contributed by atoms with van der Waals surface area (Å²) in [6.45, 7) is 9.75. The summed E-state index contributed by atoms with van der Waals surface area (Å²) in [4.78, 5) is 2.69. The molecule has 0 aromatic heterocycles. The van der Waals surface area contributed by atoms with E-state index < -0.39 is 0 Å². The second kappa shape index (κ2) is 6.02. The predicted octanol–water partition coefficient (Wildman–Crippen LogP) is 2.50. The van der Waals surface area contributed by atoms with Gasteiger partial charge in [-0.05, 0) is 44.3 Å². The second-order valence-corrected chi connectivity index (χ2v) is 6.10. The molecular weight excluding hydrogens is 196 g/mol.